The Morgan fingerprint density at radius 3 is 2.52 bits per heavy atom. The molecule has 1 N–H and O–H groups in total. The van der Waals surface area contributed by atoms with Gasteiger partial charge in [-0.15, -0.1) is 0 Å². The number of methoxy groups -OCH3 is 1. The highest BCUT2D eigenvalue weighted by atomic mass is 19.1. The fourth-order valence-corrected chi connectivity index (χ4v) is 2.02. The van der Waals surface area contributed by atoms with E-state index in [-0.39, 0.29) is 12.1 Å². The van der Waals surface area contributed by atoms with Crippen LogP contribution in [0, 0.1) is 15.9 Å². The quantitative estimate of drug-likeness (QED) is 0.656. The zero-order chi connectivity index (χ0) is 15.2. The number of para-hydroxylation sites is 1. The van der Waals surface area contributed by atoms with Crippen LogP contribution in [0.3, 0.4) is 0 Å². The lowest BCUT2D eigenvalue weighted by atomic mass is 10.1. The lowest BCUT2D eigenvalue weighted by Gasteiger charge is -2.10. The van der Waals surface area contributed by atoms with Crippen molar-refractivity contribution >= 4 is 5.69 Å². The second-order valence-corrected chi connectivity index (χ2v) is 4.42. The van der Waals surface area contributed by atoms with Crippen molar-refractivity contribution < 1.29 is 14.1 Å². The first-order valence-corrected chi connectivity index (χ1v) is 6.38. The van der Waals surface area contributed by atoms with E-state index >= 15 is 0 Å². The number of nitro benzene ring substituents is 1. The molecular formula is C15H15FN2O3. The summed E-state index contributed by atoms with van der Waals surface area (Å²) in [5.41, 5.74) is 0.691. The van der Waals surface area contributed by atoms with Crippen molar-refractivity contribution in [2.24, 2.45) is 0 Å². The van der Waals surface area contributed by atoms with Gasteiger partial charge in [0.15, 0.2) is 0 Å². The van der Waals surface area contributed by atoms with Crippen molar-refractivity contribution in [2.75, 3.05) is 7.11 Å². The molecule has 0 heterocycles. The van der Waals surface area contributed by atoms with Crippen LogP contribution in [0.2, 0.25) is 0 Å². The molecule has 0 aliphatic rings. The molecule has 2 rings (SSSR count). The number of ether oxygens (including phenoxy) is 1. The van der Waals surface area contributed by atoms with Gasteiger partial charge in [0.1, 0.15) is 5.75 Å². The minimum absolute atomic E-state index is 0.200. The van der Waals surface area contributed by atoms with Crippen LogP contribution in [0.15, 0.2) is 42.5 Å². The van der Waals surface area contributed by atoms with E-state index in [2.05, 4.69) is 5.32 Å². The minimum Gasteiger partial charge on any atom is -0.496 e. The van der Waals surface area contributed by atoms with E-state index < -0.39 is 16.4 Å². The first-order valence-electron chi connectivity index (χ1n) is 6.38. The van der Waals surface area contributed by atoms with Crippen molar-refractivity contribution in [3.63, 3.8) is 0 Å². The molecule has 0 saturated carbocycles. The molecule has 0 amide bonds. The highest BCUT2D eigenvalue weighted by Crippen LogP contribution is 2.21. The highest BCUT2D eigenvalue weighted by Gasteiger charge is 2.16. The molecule has 0 bridgehead atoms. The van der Waals surface area contributed by atoms with E-state index in [9.17, 15) is 14.5 Å². The molecule has 0 radical (unpaired) electrons. The van der Waals surface area contributed by atoms with Crippen molar-refractivity contribution in [3.8, 4) is 5.75 Å². The van der Waals surface area contributed by atoms with Gasteiger partial charge in [0, 0.05) is 30.3 Å². The number of rotatable bonds is 6. The van der Waals surface area contributed by atoms with E-state index in [1.165, 1.54) is 12.1 Å². The Balaban J connectivity index is 2.04. The summed E-state index contributed by atoms with van der Waals surface area (Å²) >= 11 is 0. The van der Waals surface area contributed by atoms with Gasteiger partial charge in [0.2, 0.25) is 5.82 Å². The third-order valence-electron chi connectivity index (χ3n) is 3.08. The maximum Gasteiger partial charge on any atom is 0.305 e. The Labute approximate surface area is 121 Å². The molecule has 0 atom stereocenters. The first-order chi connectivity index (χ1) is 10.1. The first kappa shape index (κ1) is 14.9. The minimum atomic E-state index is -0.796. The maximum absolute atomic E-state index is 13.9. The van der Waals surface area contributed by atoms with E-state index in [1.807, 2.05) is 24.3 Å². The Hall–Kier alpha value is -2.47. The summed E-state index contributed by atoms with van der Waals surface area (Å²) in [5, 5.41) is 13.7. The van der Waals surface area contributed by atoms with Gasteiger partial charge in [-0.3, -0.25) is 10.1 Å². The van der Waals surface area contributed by atoms with Gasteiger partial charge in [-0.25, -0.2) is 0 Å². The summed E-state index contributed by atoms with van der Waals surface area (Å²) in [5.74, 6) is -0.0560. The van der Waals surface area contributed by atoms with Crippen LogP contribution in [0.5, 0.6) is 5.75 Å². The predicted octanol–water partition coefficient (Wildman–Crippen LogP) is 3.03. The van der Waals surface area contributed by atoms with Gasteiger partial charge in [0.05, 0.1) is 12.0 Å². The molecule has 0 aliphatic heterocycles. The highest BCUT2D eigenvalue weighted by molar-refractivity contribution is 5.37. The topological polar surface area (TPSA) is 64.4 Å². The number of hydrogen-bond donors (Lipinski definition) is 1. The summed E-state index contributed by atoms with van der Waals surface area (Å²) in [6, 6.07) is 11.6. The van der Waals surface area contributed by atoms with E-state index in [1.54, 1.807) is 7.11 Å². The molecule has 2 aromatic rings. The number of halogens is 1. The van der Waals surface area contributed by atoms with E-state index in [0.29, 0.717) is 6.54 Å². The number of nitro groups is 1. The molecule has 21 heavy (non-hydrogen) atoms. The van der Waals surface area contributed by atoms with Gasteiger partial charge >= 0.3 is 5.69 Å². The Bertz CT molecular complexity index is 647. The van der Waals surface area contributed by atoms with Crippen LogP contribution in [0.25, 0.3) is 0 Å². The molecule has 0 fully saturated rings. The van der Waals surface area contributed by atoms with E-state index in [0.717, 1.165) is 17.4 Å². The van der Waals surface area contributed by atoms with Gasteiger partial charge in [-0.1, -0.05) is 30.3 Å². The summed E-state index contributed by atoms with van der Waals surface area (Å²) in [6.45, 7) is 0.678. The molecule has 2 aromatic carbocycles. The number of hydrogen-bond acceptors (Lipinski definition) is 4. The summed E-state index contributed by atoms with van der Waals surface area (Å²) in [7, 11) is 1.58. The average molecular weight is 290 g/mol. The summed E-state index contributed by atoms with van der Waals surface area (Å²) in [6.07, 6.45) is 0. The van der Waals surface area contributed by atoms with Crippen LogP contribution < -0.4 is 10.1 Å². The smallest absolute Gasteiger partial charge is 0.305 e. The second-order valence-electron chi connectivity index (χ2n) is 4.42. The Morgan fingerprint density at radius 1 is 1.14 bits per heavy atom. The molecule has 110 valence electrons. The zero-order valence-corrected chi connectivity index (χ0v) is 11.5. The average Bonchev–Trinajstić information content (AvgIpc) is 2.49. The fraction of sp³-hybridized carbons (Fsp3) is 0.200. The lowest BCUT2D eigenvalue weighted by Crippen LogP contribution is -2.14. The number of nitrogens with zero attached hydrogens (tertiary/aromatic N) is 1. The monoisotopic (exact) mass is 290 g/mol. The van der Waals surface area contributed by atoms with Crippen LogP contribution >= 0.6 is 0 Å². The molecular weight excluding hydrogens is 275 g/mol. The molecule has 6 heteroatoms. The third kappa shape index (κ3) is 3.55. The van der Waals surface area contributed by atoms with Crippen molar-refractivity contribution in [3.05, 3.63) is 69.5 Å². The number of nitrogens with one attached hydrogen (secondary N) is 1. The lowest BCUT2D eigenvalue weighted by molar-refractivity contribution is -0.387. The third-order valence-corrected chi connectivity index (χ3v) is 3.08. The van der Waals surface area contributed by atoms with Gasteiger partial charge in [-0.05, 0) is 6.07 Å². The van der Waals surface area contributed by atoms with Gasteiger partial charge < -0.3 is 10.1 Å². The van der Waals surface area contributed by atoms with E-state index in [4.69, 9.17) is 4.74 Å². The molecule has 0 aliphatic carbocycles. The maximum atomic E-state index is 13.9. The largest absolute Gasteiger partial charge is 0.496 e. The Kier molecular flexibility index (Phi) is 4.84. The molecule has 0 unspecified atom stereocenters. The van der Waals surface area contributed by atoms with Gasteiger partial charge in [-0.2, -0.15) is 4.39 Å². The van der Waals surface area contributed by atoms with Crippen molar-refractivity contribution in [2.45, 2.75) is 13.1 Å². The molecule has 0 aromatic heterocycles. The molecule has 5 nitrogen and oxygen atoms in total. The molecule has 0 spiro atoms. The van der Waals surface area contributed by atoms with Crippen molar-refractivity contribution in [1.29, 1.82) is 0 Å². The van der Waals surface area contributed by atoms with Crippen molar-refractivity contribution in [1.82, 2.24) is 5.32 Å². The Morgan fingerprint density at radius 2 is 1.81 bits per heavy atom. The second kappa shape index (κ2) is 6.81. The predicted molar refractivity (Wildman–Crippen MR) is 76.6 cm³/mol. The van der Waals surface area contributed by atoms with Crippen LogP contribution in [-0.4, -0.2) is 12.0 Å². The van der Waals surface area contributed by atoms with Crippen LogP contribution in [-0.2, 0) is 13.1 Å². The SMILES string of the molecule is COc1ccccc1CNCc1cccc([N+](=O)[O-])c1F. The van der Waals surface area contributed by atoms with Crippen LogP contribution in [0.4, 0.5) is 10.1 Å². The fourth-order valence-electron chi connectivity index (χ4n) is 2.02. The summed E-state index contributed by atoms with van der Waals surface area (Å²) < 4.78 is 19.1. The normalized spacial score (nSPS) is 10.4. The zero-order valence-electron chi connectivity index (χ0n) is 11.5. The number of benzene rings is 2. The summed E-state index contributed by atoms with van der Waals surface area (Å²) in [4.78, 5) is 9.96. The standard InChI is InChI=1S/C15H15FN2O3/c1-21-14-8-3-2-5-11(14)9-17-10-12-6-4-7-13(15(12)16)18(19)20/h2-8,17H,9-10H2,1H3. The molecule has 0 saturated heterocycles. The van der Waals surface area contributed by atoms with Crippen LogP contribution in [0.1, 0.15) is 11.1 Å². The van der Waals surface area contributed by atoms with Gasteiger partial charge in [0.25, 0.3) is 0 Å².